The molecule has 6 heteroatoms. The Bertz CT molecular complexity index is 820. The first-order valence-electron chi connectivity index (χ1n) is 9.69. The van der Waals surface area contributed by atoms with E-state index >= 15 is 0 Å². The summed E-state index contributed by atoms with van der Waals surface area (Å²) in [6.07, 6.45) is 12.4. The molecule has 0 radical (unpaired) electrons. The maximum atomic E-state index is 13.2. The maximum absolute atomic E-state index is 13.2. The van der Waals surface area contributed by atoms with Gasteiger partial charge in [0.25, 0.3) is 5.91 Å². The fraction of sp³-hybridized carbons (Fsp3) is 0.550. The molecule has 1 aliphatic heterocycles. The Labute approximate surface area is 154 Å². The Balaban J connectivity index is 1.71. The van der Waals surface area contributed by atoms with Crippen molar-refractivity contribution in [3.63, 3.8) is 0 Å². The van der Waals surface area contributed by atoms with Gasteiger partial charge in [-0.25, -0.2) is 4.98 Å². The van der Waals surface area contributed by atoms with Crippen LogP contribution in [0.15, 0.2) is 18.6 Å². The zero-order valence-electron chi connectivity index (χ0n) is 15.6. The van der Waals surface area contributed by atoms with Crippen LogP contribution in [0.2, 0.25) is 0 Å². The molecule has 2 aromatic rings. The summed E-state index contributed by atoms with van der Waals surface area (Å²) in [4.78, 5) is 19.6. The Hall–Kier alpha value is -2.37. The first kappa shape index (κ1) is 17.1. The van der Waals surface area contributed by atoms with E-state index in [4.69, 9.17) is 5.73 Å². The van der Waals surface area contributed by atoms with Crippen molar-refractivity contribution < 1.29 is 4.79 Å². The van der Waals surface area contributed by atoms with Gasteiger partial charge in [-0.15, -0.1) is 0 Å². The lowest BCUT2D eigenvalue weighted by Gasteiger charge is -2.38. The lowest BCUT2D eigenvalue weighted by atomic mass is 9.89. The molecule has 0 saturated heterocycles. The van der Waals surface area contributed by atoms with Gasteiger partial charge in [-0.1, -0.05) is 19.3 Å². The third kappa shape index (κ3) is 2.87. The predicted octanol–water partition coefficient (Wildman–Crippen LogP) is 3.44. The van der Waals surface area contributed by atoms with Gasteiger partial charge < -0.3 is 10.6 Å². The molecule has 1 amide bonds. The van der Waals surface area contributed by atoms with Crippen LogP contribution in [0.25, 0.3) is 11.1 Å². The molecule has 0 unspecified atom stereocenters. The molecule has 1 saturated carbocycles. The highest BCUT2D eigenvalue weighted by molar-refractivity contribution is 6.02. The average molecular weight is 353 g/mol. The smallest absolute Gasteiger partial charge is 0.258 e. The van der Waals surface area contributed by atoms with Crippen molar-refractivity contribution in [2.45, 2.75) is 64.5 Å². The maximum Gasteiger partial charge on any atom is 0.258 e. The topological polar surface area (TPSA) is 77.0 Å². The lowest BCUT2D eigenvalue weighted by Crippen LogP contribution is -2.46. The summed E-state index contributed by atoms with van der Waals surface area (Å²) in [6, 6.07) is 0.654. The summed E-state index contributed by atoms with van der Waals surface area (Å²) in [6.45, 7) is 4.96. The minimum Gasteiger partial charge on any atom is -0.383 e. The van der Waals surface area contributed by atoms with E-state index in [9.17, 15) is 4.79 Å². The molecule has 4 rings (SSSR count). The summed E-state index contributed by atoms with van der Waals surface area (Å²) in [5.74, 6) is 0.409. The van der Waals surface area contributed by atoms with E-state index in [0.717, 1.165) is 42.5 Å². The van der Waals surface area contributed by atoms with Crippen molar-refractivity contribution in [2.75, 3.05) is 12.3 Å². The summed E-state index contributed by atoms with van der Waals surface area (Å²) in [7, 11) is 0. The number of nitrogen functional groups attached to an aromatic ring is 1. The molecule has 26 heavy (non-hydrogen) atoms. The van der Waals surface area contributed by atoms with Crippen LogP contribution in [0, 0.1) is 0 Å². The van der Waals surface area contributed by atoms with Crippen molar-refractivity contribution in [2.24, 2.45) is 0 Å². The van der Waals surface area contributed by atoms with E-state index < -0.39 is 0 Å². The number of carbonyl (C=O) groups excluding carboxylic acids is 1. The average Bonchev–Trinajstić information content (AvgIpc) is 3.13. The molecule has 6 nitrogen and oxygen atoms in total. The molecule has 1 fully saturated rings. The number of pyridine rings is 1. The number of carbonyl (C=O) groups is 1. The van der Waals surface area contributed by atoms with Gasteiger partial charge in [-0.2, -0.15) is 5.10 Å². The third-order valence-corrected chi connectivity index (χ3v) is 5.75. The number of anilines is 1. The molecule has 3 heterocycles. The van der Waals surface area contributed by atoms with Gasteiger partial charge in [-0.3, -0.25) is 9.48 Å². The van der Waals surface area contributed by atoms with Gasteiger partial charge in [0, 0.05) is 42.1 Å². The Morgan fingerprint density at radius 1 is 1.19 bits per heavy atom. The van der Waals surface area contributed by atoms with Crippen molar-refractivity contribution in [1.29, 1.82) is 0 Å². The summed E-state index contributed by atoms with van der Waals surface area (Å²) in [5, 5.41) is 4.43. The number of hydrogen-bond donors (Lipinski definition) is 1. The first-order chi connectivity index (χ1) is 12.6. The molecule has 138 valence electrons. The van der Waals surface area contributed by atoms with Crippen molar-refractivity contribution in [3.8, 4) is 11.1 Å². The normalized spacial score (nSPS) is 18.4. The van der Waals surface area contributed by atoms with E-state index in [1.165, 1.54) is 19.3 Å². The summed E-state index contributed by atoms with van der Waals surface area (Å²) < 4.78 is 1.93. The van der Waals surface area contributed by atoms with Gasteiger partial charge in [-0.05, 0) is 38.7 Å². The summed E-state index contributed by atoms with van der Waals surface area (Å²) >= 11 is 0. The number of fused-ring (bicyclic) bond motifs is 1. The van der Waals surface area contributed by atoms with Crippen LogP contribution in [0.3, 0.4) is 0 Å². The molecule has 2 aliphatic rings. The van der Waals surface area contributed by atoms with Crippen LogP contribution in [-0.2, 0) is 6.42 Å². The monoisotopic (exact) mass is 353 g/mol. The van der Waals surface area contributed by atoms with Crippen molar-refractivity contribution >= 4 is 11.7 Å². The molecule has 0 bridgehead atoms. The van der Waals surface area contributed by atoms with Crippen LogP contribution in [-0.4, -0.2) is 38.2 Å². The molecule has 0 spiro atoms. The van der Waals surface area contributed by atoms with E-state index in [0.29, 0.717) is 23.5 Å². The molecule has 1 aliphatic carbocycles. The second-order valence-electron chi connectivity index (χ2n) is 7.75. The Morgan fingerprint density at radius 2 is 1.96 bits per heavy atom. The second-order valence-corrected chi connectivity index (χ2v) is 7.75. The highest BCUT2D eigenvalue weighted by Crippen LogP contribution is 2.35. The molecular formula is C20H27N5O. The lowest BCUT2D eigenvalue weighted by molar-refractivity contribution is 0.0616. The number of nitrogens with two attached hydrogens (primary N) is 1. The van der Waals surface area contributed by atoms with Crippen LogP contribution < -0.4 is 5.73 Å². The zero-order valence-corrected chi connectivity index (χ0v) is 15.6. The number of rotatable bonds is 3. The second kappa shape index (κ2) is 6.74. The molecular weight excluding hydrogens is 326 g/mol. The van der Waals surface area contributed by atoms with Crippen molar-refractivity contribution in [3.05, 3.63) is 29.7 Å². The number of amides is 1. The number of hydrogen-bond acceptors (Lipinski definition) is 4. The minimum absolute atomic E-state index is 0.0567. The van der Waals surface area contributed by atoms with E-state index in [1.807, 2.05) is 22.0 Å². The van der Waals surface area contributed by atoms with Crippen molar-refractivity contribution in [1.82, 2.24) is 19.7 Å². The fourth-order valence-corrected chi connectivity index (χ4v) is 4.29. The number of aromatic nitrogens is 3. The summed E-state index contributed by atoms with van der Waals surface area (Å²) in [5.41, 5.74) is 9.76. The van der Waals surface area contributed by atoms with Crippen LogP contribution >= 0.6 is 0 Å². The zero-order chi connectivity index (χ0) is 18.3. The SMILES string of the molecule is CC(C)n1cc(-c2cnc(N)c3c2CCN(C2CCCCC2)C3=O)cn1. The van der Waals surface area contributed by atoms with Gasteiger partial charge >= 0.3 is 0 Å². The Morgan fingerprint density at radius 3 is 2.65 bits per heavy atom. The predicted molar refractivity (Wildman–Crippen MR) is 102 cm³/mol. The van der Waals surface area contributed by atoms with E-state index in [2.05, 4.69) is 23.9 Å². The van der Waals surface area contributed by atoms with Crippen LogP contribution in [0.1, 0.15) is 67.9 Å². The highest BCUT2D eigenvalue weighted by atomic mass is 16.2. The quantitative estimate of drug-likeness (QED) is 0.917. The largest absolute Gasteiger partial charge is 0.383 e. The van der Waals surface area contributed by atoms with Gasteiger partial charge in [0.1, 0.15) is 5.82 Å². The molecule has 0 atom stereocenters. The van der Waals surface area contributed by atoms with Gasteiger partial charge in [0.05, 0.1) is 11.8 Å². The molecule has 0 aromatic carbocycles. The molecule has 2 aromatic heterocycles. The highest BCUT2D eigenvalue weighted by Gasteiger charge is 2.34. The molecule has 2 N–H and O–H groups in total. The van der Waals surface area contributed by atoms with Crippen LogP contribution in [0.5, 0.6) is 0 Å². The van der Waals surface area contributed by atoms with Gasteiger partial charge in [0.15, 0.2) is 0 Å². The fourth-order valence-electron chi connectivity index (χ4n) is 4.29. The number of nitrogens with zero attached hydrogens (tertiary/aromatic N) is 4. The first-order valence-corrected chi connectivity index (χ1v) is 9.69. The van der Waals surface area contributed by atoms with Crippen LogP contribution in [0.4, 0.5) is 5.82 Å². The van der Waals surface area contributed by atoms with E-state index in [-0.39, 0.29) is 5.91 Å². The standard InChI is InChI=1S/C20H27N5O/c1-13(2)25-12-14(10-23-25)17-11-22-19(21)18-16(17)8-9-24(20(18)26)15-6-4-3-5-7-15/h10-13,15H,3-9H2,1-2H3,(H2,21,22). The minimum atomic E-state index is 0.0567. The third-order valence-electron chi connectivity index (χ3n) is 5.75. The van der Waals surface area contributed by atoms with E-state index in [1.54, 1.807) is 6.20 Å². The van der Waals surface area contributed by atoms with Gasteiger partial charge in [0.2, 0.25) is 0 Å². The Kier molecular flexibility index (Phi) is 4.42.